The molecule has 2 rings (SSSR count). The van der Waals surface area contributed by atoms with E-state index in [0.717, 1.165) is 12.2 Å². The summed E-state index contributed by atoms with van der Waals surface area (Å²) < 4.78 is 13.2. The molecule has 1 aliphatic rings. The number of anilines is 1. The van der Waals surface area contributed by atoms with E-state index in [2.05, 4.69) is 11.8 Å². The van der Waals surface area contributed by atoms with E-state index < -0.39 is 6.10 Å². The molecule has 0 saturated heterocycles. The molecule has 88 valence electrons. The molecule has 0 heterocycles. The SMILES string of the molecule is CCN(c1ccc(F)cc1[C@@H](C)O)C1CC1. The number of hydrogen-bond donors (Lipinski definition) is 1. The van der Waals surface area contributed by atoms with Crippen LogP contribution in [0.4, 0.5) is 10.1 Å². The van der Waals surface area contributed by atoms with Gasteiger partial charge in [-0.2, -0.15) is 0 Å². The number of benzene rings is 1. The van der Waals surface area contributed by atoms with Crippen molar-refractivity contribution in [3.63, 3.8) is 0 Å². The van der Waals surface area contributed by atoms with E-state index in [4.69, 9.17) is 0 Å². The topological polar surface area (TPSA) is 23.5 Å². The fraction of sp³-hybridized carbons (Fsp3) is 0.538. The zero-order chi connectivity index (χ0) is 11.7. The van der Waals surface area contributed by atoms with Crippen molar-refractivity contribution < 1.29 is 9.50 Å². The highest BCUT2D eigenvalue weighted by Gasteiger charge is 2.29. The number of aliphatic hydroxyl groups is 1. The van der Waals surface area contributed by atoms with E-state index in [1.165, 1.54) is 25.0 Å². The van der Waals surface area contributed by atoms with Crippen LogP contribution >= 0.6 is 0 Å². The van der Waals surface area contributed by atoms with Gasteiger partial charge in [-0.25, -0.2) is 4.39 Å². The van der Waals surface area contributed by atoms with Crippen LogP contribution in [0.1, 0.15) is 38.4 Å². The maximum atomic E-state index is 13.2. The van der Waals surface area contributed by atoms with Crippen molar-refractivity contribution in [1.29, 1.82) is 0 Å². The minimum absolute atomic E-state index is 0.286. The molecule has 1 N–H and O–H groups in total. The van der Waals surface area contributed by atoms with Gasteiger partial charge in [0.1, 0.15) is 5.82 Å². The van der Waals surface area contributed by atoms with Gasteiger partial charge < -0.3 is 10.0 Å². The average molecular weight is 223 g/mol. The molecule has 1 aliphatic carbocycles. The molecule has 1 fully saturated rings. The van der Waals surface area contributed by atoms with Gasteiger partial charge in [-0.3, -0.25) is 0 Å². The van der Waals surface area contributed by atoms with Crippen molar-refractivity contribution in [3.8, 4) is 0 Å². The number of nitrogens with zero attached hydrogens (tertiary/aromatic N) is 1. The molecule has 1 aromatic rings. The first-order valence-electron chi connectivity index (χ1n) is 5.87. The summed E-state index contributed by atoms with van der Waals surface area (Å²) in [7, 11) is 0. The minimum Gasteiger partial charge on any atom is -0.389 e. The van der Waals surface area contributed by atoms with Crippen LogP contribution in [0.3, 0.4) is 0 Å². The summed E-state index contributed by atoms with van der Waals surface area (Å²) in [5.74, 6) is -0.286. The molecule has 2 nitrogen and oxygen atoms in total. The largest absolute Gasteiger partial charge is 0.389 e. The third-order valence-electron chi connectivity index (χ3n) is 3.08. The molecule has 3 heteroatoms. The molecule has 1 atom stereocenters. The van der Waals surface area contributed by atoms with Crippen LogP contribution in [-0.4, -0.2) is 17.7 Å². The lowest BCUT2D eigenvalue weighted by molar-refractivity contribution is 0.199. The van der Waals surface area contributed by atoms with E-state index >= 15 is 0 Å². The van der Waals surface area contributed by atoms with Crippen molar-refractivity contribution in [2.45, 2.75) is 38.8 Å². The lowest BCUT2D eigenvalue weighted by atomic mass is 10.1. The lowest BCUT2D eigenvalue weighted by Gasteiger charge is -2.26. The molecule has 1 saturated carbocycles. The number of halogens is 1. The lowest BCUT2D eigenvalue weighted by Crippen LogP contribution is -2.26. The van der Waals surface area contributed by atoms with Crippen LogP contribution in [0.25, 0.3) is 0 Å². The van der Waals surface area contributed by atoms with E-state index in [1.807, 2.05) is 0 Å². The Hall–Kier alpha value is -1.09. The van der Waals surface area contributed by atoms with Gasteiger partial charge in [0, 0.05) is 23.8 Å². The summed E-state index contributed by atoms with van der Waals surface area (Å²) in [5.41, 5.74) is 1.66. The van der Waals surface area contributed by atoms with Crippen LogP contribution in [-0.2, 0) is 0 Å². The Morgan fingerprint density at radius 3 is 2.69 bits per heavy atom. The molecule has 0 amide bonds. The Labute approximate surface area is 95.7 Å². The van der Waals surface area contributed by atoms with Gasteiger partial charge >= 0.3 is 0 Å². The summed E-state index contributed by atoms with van der Waals surface area (Å²) in [6.07, 6.45) is 1.77. The average Bonchev–Trinajstić information content (AvgIpc) is 3.05. The zero-order valence-electron chi connectivity index (χ0n) is 9.78. The van der Waals surface area contributed by atoms with Gasteiger partial charge in [0.15, 0.2) is 0 Å². The third kappa shape index (κ3) is 2.19. The second kappa shape index (κ2) is 4.42. The molecule has 16 heavy (non-hydrogen) atoms. The van der Waals surface area contributed by atoms with E-state index in [1.54, 1.807) is 13.0 Å². The van der Waals surface area contributed by atoms with Crippen molar-refractivity contribution in [3.05, 3.63) is 29.6 Å². The van der Waals surface area contributed by atoms with Crippen LogP contribution in [0.5, 0.6) is 0 Å². The predicted molar refractivity (Wildman–Crippen MR) is 63.1 cm³/mol. The molecule has 0 aliphatic heterocycles. The summed E-state index contributed by atoms with van der Waals surface area (Å²) >= 11 is 0. The van der Waals surface area contributed by atoms with Crippen LogP contribution in [0.2, 0.25) is 0 Å². The van der Waals surface area contributed by atoms with Crippen molar-refractivity contribution in [2.24, 2.45) is 0 Å². The maximum Gasteiger partial charge on any atom is 0.123 e. The number of hydrogen-bond acceptors (Lipinski definition) is 2. The van der Waals surface area contributed by atoms with Gasteiger partial charge in [-0.05, 0) is 44.9 Å². The highest BCUT2D eigenvalue weighted by atomic mass is 19.1. The molecule has 0 unspecified atom stereocenters. The molecule has 0 spiro atoms. The van der Waals surface area contributed by atoms with Crippen LogP contribution < -0.4 is 4.90 Å². The quantitative estimate of drug-likeness (QED) is 0.848. The highest BCUT2D eigenvalue weighted by Crippen LogP contribution is 2.35. The van der Waals surface area contributed by atoms with Gasteiger partial charge in [0.2, 0.25) is 0 Å². The Morgan fingerprint density at radius 2 is 2.19 bits per heavy atom. The molecule has 0 radical (unpaired) electrons. The first kappa shape index (κ1) is 11.4. The minimum atomic E-state index is -0.626. The number of rotatable bonds is 4. The Bertz CT molecular complexity index is 374. The van der Waals surface area contributed by atoms with Crippen molar-refractivity contribution in [2.75, 3.05) is 11.4 Å². The van der Waals surface area contributed by atoms with E-state index in [9.17, 15) is 9.50 Å². The van der Waals surface area contributed by atoms with Crippen LogP contribution in [0, 0.1) is 5.82 Å². The standard InChI is InChI=1S/C13H18FNO/c1-3-15(11-5-6-11)13-7-4-10(14)8-12(13)9(2)16/h4,7-9,11,16H,3,5-6H2,1-2H3/t9-/m1/s1. The fourth-order valence-electron chi connectivity index (χ4n) is 2.13. The first-order chi connectivity index (χ1) is 7.63. The summed E-state index contributed by atoms with van der Waals surface area (Å²) in [6, 6.07) is 5.25. The Morgan fingerprint density at radius 1 is 1.50 bits per heavy atom. The molecular formula is C13H18FNO. The summed E-state index contributed by atoms with van der Waals surface area (Å²) in [4.78, 5) is 2.25. The fourth-order valence-corrected chi connectivity index (χ4v) is 2.13. The third-order valence-corrected chi connectivity index (χ3v) is 3.08. The second-order valence-electron chi connectivity index (χ2n) is 4.40. The molecule has 0 bridgehead atoms. The Kier molecular flexibility index (Phi) is 3.15. The molecule has 1 aromatic carbocycles. The monoisotopic (exact) mass is 223 g/mol. The molecular weight excluding hydrogens is 205 g/mol. The Balaban J connectivity index is 2.37. The predicted octanol–water partition coefficient (Wildman–Crippen LogP) is 2.87. The van der Waals surface area contributed by atoms with Gasteiger partial charge in [-0.1, -0.05) is 0 Å². The first-order valence-corrected chi connectivity index (χ1v) is 5.87. The van der Waals surface area contributed by atoms with Gasteiger partial charge in [-0.15, -0.1) is 0 Å². The second-order valence-corrected chi connectivity index (χ2v) is 4.40. The van der Waals surface area contributed by atoms with E-state index in [0.29, 0.717) is 11.6 Å². The summed E-state index contributed by atoms with van der Waals surface area (Å²) in [6.45, 7) is 4.67. The van der Waals surface area contributed by atoms with Crippen molar-refractivity contribution >= 4 is 5.69 Å². The van der Waals surface area contributed by atoms with Crippen LogP contribution in [0.15, 0.2) is 18.2 Å². The van der Waals surface area contributed by atoms with Gasteiger partial charge in [0.25, 0.3) is 0 Å². The van der Waals surface area contributed by atoms with E-state index in [-0.39, 0.29) is 5.82 Å². The van der Waals surface area contributed by atoms with Gasteiger partial charge in [0.05, 0.1) is 6.10 Å². The van der Waals surface area contributed by atoms with Crippen molar-refractivity contribution in [1.82, 2.24) is 0 Å². The smallest absolute Gasteiger partial charge is 0.123 e. The maximum absolute atomic E-state index is 13.2. The highest BCUT2D eigenvalue weighted by molar-refractivity contribution is 5.56. The summed E-state index contributed by atoms with van der Waals surface area (Å²) in [5, 5.41) is 9.68. The number of aliphatic hydroxyl groups excluding tert-OH is 1. The molecule has 0 aromatic heterocycles. The zero-order valence-corrected chi connectivity index (χ0v) is 9.78. The normalized spacial score (nSPS) is 17.2.